The number of thioether (sulfide) groups is 1. The number of ether oxygens (including phenoxy) is 1. The number of hydrogen-bond acceptors (Lipinski definition) is 4. The van der Waals surface area contributed by atoms with Crippen LogP contribution < -0.4 is 15.0 Å². The zero-order valence-electron chi connectivity index (χ0n) is 15.1. The highest BCUT2D eigenvalue weighted by Crippen LogP contribution is 2.20. The summed E-state index contributed by atoms with van der Waals surface area (Å²) in [5.74, 6) is 3.18. The Morgan fingerprint density at radius 2 is 1.88 bits per heavy atom. The van der Waals surface area contributed by atoms with Gasteiger partial charge in [0.15, 0.2) is 5.96 Å². The smallest absolute Gasteiger partial charge is 0.193 e. The first-order chi connectivity index (χ1) is 11.8. The zero-order valence-corrected chi connectivity index (χ0v) is 15.9. The number of unbranched alkanes of at least 4 members (excludes halogenated alkanes) is 1. The number of nitrogens with zero attached hydrogens (tertiary/aromatic N) is 3. The Balaban J connectivity index is 1.77. The molecule has 5 nitrogen and oxygen atoms in total. The predicted octanol–water partition coefficient (Wildman–Crippen LogP) is 2.54. The summed E-state index contributed by atoms with van der Waals surface area (Å²) in [7, 11) is 3.58. The van der Waals surface area contributed by atoms with Crippen molar-refractivity contribution in [2.75, 3.05) is 63.8 Å². The predicted molar refractivity (Wildman–Crippen MR) is 106 cm³/mol. The van der Waals surface area contributed by atoms with Crippen LogP contribution in [-0.2, 0) is 0 Å². The number of aliphatic imine (C=N–C) groups is 1. The lowest BCUT2D eigenvalue weighted by atomic mass is 10.2. The molecule has 1 aromatic rings. The molecule has 2 rings (SSSR count). The average molecular weight is 351 g/mol. The molecule has 6 heteroatoms. The second-order valence-electron chi connectivity index (χ2n) is 5.85. The second kappa shape index (κ2) is 10.3. The molecule has 0 amide bonds. The summed E-state index contributed by atoms with van der Waals surface area (Å²) in [5.41, 5.74) is 1.26. The van der Waals surface area contributed by atoms with Gasteiger partial charge >= 0.3 is 0 Å². The van der Waals surface area contributed by atoms with E-state index < -0.39 is 0 Å². The molecule has 1 N–H and O–H groups in total. The molecule has 0 atom stereocenters. The summed E-state index contributed by atoms with van der Waals surface area (Å²) in [5, 5.41) is 3.50. The fourth-order valence-corrected chi connectivity index (χ4v) is 3.37. The number of guanidine groups is 1. The van der Waals surface area contributed by atoms with Crippen molar-refractivity contribution < 1.29 is 4.74 Å². The lowest BCUT2D eigenvalue weighted by molar-refractivity contribution is 0.372. The number of methoxy groups -OCH3 is 1. The van der Waals surface area contributed by atoms with Gasteiger partial charge in [-0.05, 0) is 49.1 Å². The maximum atomic E-state index is 5.23. The summed E-state index contributed by atoms with van der Waals surface area (Å²) in [4.78, 5) is 9.22. The van der Waals surface area contributed by atoms with E-state index in [0.717, 1.165) is 44.4 Å². The van der Waals surface area contributed by atoms with Crippen LogP contribution in [0.3, 0.4) is 0 Å². The van der Waals surface area contributed by atoms with Gasteiger partial charge in [0.2, 0.25) is 0 Å². The molecule has 0 radical (unpaired) electrons. The Morgan fingerprint density at radius 1 is 1.17 bits per heavy atom. The maximum absolute atomic E-state index is 5.23. The van der Waals surface area contributed by atoms with Crippen LogP contribution in [0.2, 0.25) is 0 Å². The van der Waals surface area contributed by atoms with Gasteiger partial charge in [0.25, 0.3) is 0 Å². The van der Waals surface area contributed by atoms with Crippen LogP contribution in [0.25, 0.3) is 0 Å². The quantitative estimate of drug-likeness (QED) is 0.465. The van der Waals surface area contributed by atoms with Gasteiger partial charge in [-0.25, -0.2) is 0 Å². The van der Waals surface area contributed by atoms with Crippen LogP contribution in [0.1, 0.15) is 12.8 Å². The first-order valence-electron chi connectivity index (χ1n) is 8.62. The van der Waals surface area contributed by atoms with E-state index in [1.807, 2.05) is 30.9 Å². The van der Waals surface area contributed by atoms with Crippen LogP contribution in [0.4, 0.5) is 5.69 Å². The van der Waals surface area contributed by atoms with Crippen LogP contribution >= 0.6 is 11.8 Å². The molecule has 0 bridgehead atoms. The van der Waals surface area contributed by atoms with Crippen molar-refractivity contribution in [3.8, 4) is 5.75 Å². The van der Waals surface area contributed by atoms with Crippen molar-refractivity contribution in [2.45, 2.75) is 12.8 Å². The Hall–Kier alpha value is -1.56. The zero-order chi connectivity index (χ0) is 17.2. The molecule has 0 saturated carbocycles. The van der Waals surface area contributed by atoms with E-state index in [4.69, 9.17) is 4.74 Å². The summed E-state index contributed by atoms with van der Waals surface area (Å²) in [6.07, 6.45) is 4.62. The monoisotopic (exact) mass is 350 g/mol. The van der Waals surface area contributed by atoms with E-state index >= 15 is 0 Å². The Kier molecular flexibility index (Phi) is 8.08. The Bertz CT molecular complexity index is 498. The molecule has 1 saturated heterocycles. The average Bonchev–Trinajstić information content (AvgIpc) is 2.65. The van der Waals surface area contributed by atoms with Crippen molar-refractivity contribution in [1.82, 2.24) is 10.2 Å². The minimum absolute atomic E-state index is 0.906. The third-order valence-electron chi connectivity index (χ3n) is 4.29. The van der Waals surface area contributed by atoms with Gasteiger partial charge < -0.3 is 19.9 Å². The van der Waals surface area contributed by atoms with Gasteiger partial charge in [-0.3, -0.25) is 4.99 Å². The van der Waals surface area contributed by atoms with Gasteiger partial charge in [-0.2, -0.15) is 11.8 Å². The van der Waals surface area contributed by atoms with E-state index in [1.165, 1.54) is 24.3 Å². The minimum atomic E-state index is 0.906. The summed E-state index contributed by atoms with van der Waals surface area (Å²) < 4.78 is 5.23. The molecule has 1 aromatic carbocycles. The lowest BCUT2D eigenvalue weighted by Gasteiger charge is -2.37. The maximum Gasteiger partial charge on any atom is 0.193 e. The van der Waals surface area contributed by atoms with E-state index in [0.29, 0.717) is 0 Å². The summed E-state index contributed by atoms with van der Waals surface area (Å²) in [6, 6.07) is 8.31. The molecule has 0 aromatic heterocycles. The van der Waals surface area contributed by atoms with Crippen LogP contribution in [-0.4, -0.2) is 69.7 Å². The molecule has 1 fully saturated rings. The molecule has 0 spiro atoms. The SMILES string of the molecule is CN=C(NCCCCSC)N1CCN(c2ccc(OC)cc2)CC1. The lowest BCUT2D eigenvalue weighted by Crippen LogP contribution is -2.52. The van der Waals surface area contributed by atoms with Crippen molar-refractivity contribution in [2.24, 2.45) is 4.99 Å². The molecule has 1 heterocycles. The fourth-order valence-electron chi connectivity index (χ4n) is 2.87. The molecule has 0 unspecified atom stereocenters. The van der Waals surface area contributed by atoms with Crippen molar-refractivity contribution in [3.63, 3.8) is 0 Å². The van der Waals surface area contributed by atoms with Crippen molar-refractivity contribution in [1.29, 1.82) is 0 Å². The highest BCUT2D eigenvalue weighted by Gasteiger charge is 2.19. The van der Waals surface area contributed by atoms with Crippen molar-refractivity contribution in [3.05, 3.63) is 24.3 Å². The van der Waals surface area contributed by atoms with Crippen LogP contribution in [0, 0.1) is 0 Å². The van der Waals surface area contributed by atoms with E-state index in [2.05, 4.69) is 38.5 Å². The third-order valence-corrected chi connectivity index (χ3v) is 4.98. The van der Waals surface area contributed by atoms with E-state index in [-0.39, 0.29) is 0 Å². The number of hydrogen-bond donors (Lipinski definition) is 1. The Morgan fingerprint density at radius 3 is 2.46 bits per heavy atom. The first-order valence-corrected chi connectivity index (χ1v) is 10.0. The molecule has 134 valence electrons. The molecular weight excluding hydrogens is 320 g/mol. The van der Waals surface area contributed by atoms with Crippen LogP contribution in [0.5, 0.6) is 5.75 Å². The van der Waals surface area contributed by atoms with Gasteiger partial charge in [0, 0.05) is 45.5 Å². The van der Waals surface area contributed by atoms with Crippen molar-refractivity contribution >= 4 is 23.4 Å². The van der Waals surface area contributed by atoms with Crippen LogP contribution in [0.15, 0.2) is 29.3 Å². The van der Waals surface area contributed by atoms with Gasteiger partial charge in [0.05, 0.1) is 7.11 Å². The number of piperazine rings is 1. The number of nitrogens with one attached hydrogen (secondary N) is 1. The molecule has 24 heavy (non-hydrogen) atoms. The minimum Gasteiger partial charge on any atom is -0.497 e. The number of anilines is 1. The third kappa shape index (κ3) is 5.51. The van der Waals surface area contributed by atoms with Gasteiger partial charge in [-0.15, -0.1) is 0 Å². The molecular formula is C18H30N4OS. The number of benzene rings is 1. The normalized spacial score (nSPS) is 15.5. The standard InChI is InChI=1S/C18H30N4OS/c1-19-18(20-10-4-5-15-24-3)22-13-11-21(12-14-22)16-6-8-17(23-2)9-7-16/h6-9H,4-5,10-15H2,1-3H3,(H,19,20). The first kappa shape index (κ1) is 18.8. The summed E-state index contributed by atoms with van der Waals surface area (Å²) >= 11 is 1.91. The van der Waals surface area contributed by atoms with Gasteiger partial charge in [-0.1, -0.05) is 0 Å². The molecule has 1 aliphatic heterocycles. The highest BCUT2D eigenvalue weighted by molar-refractivity contribution is 7.98. The van der Waals surface area contributed by atoms with E-state index in [1.54, 1.807) is 7.11 Å². The summed E-state index contributed by atoms with van der Waals surface area (Å²) in [6.45, 7) is 5.03. The van der Waals surface area contributed by atoms with Gasteiger partial charge in [0.1, 0.15) is 5.75 Å². The topological polar surface area (TPSA) is 40.1 Å². The molecule has 1 aliphatic rings. The largest absolute Gasteiger partial charge is 0.497 e. The fraction of sp³-hybridized carbons (Fsp3) is 0.611. The highest BCUT2D eigenvalue weighted by atomic mass is 32.2. The Labute approximate surface area is 150 Å². The van der Waals surface area contributed by atoms with E-state index in [9.17, 15) is 0 Å². The second-order valence-corrected chi connectivity index (χ2v) is 6.83. The number of rotatable bonds is 7. The molecule has 0 aliphatic carbocycles.